The number of carbonyl (C=O) groups is 1. The van der Waals surface area contributed by atoms with E-state index in [2.05, 4.69) is 5.10 Å². The molecule has 6 heteroatoms. The summed E-state index contributed by atoms with van der Waals surface area (Å²) in [6.45, 7) is 0.474. The standard InChI is InChI=1S/C22H23N3O3/c1-24(15-18-14-23-25(16-18)19-7-5-4-6-8-19)22(26)12-10-17-9-11-20(27-2)21(13-17)28-3/h4-14,16H,15H2,1-3H3. The van der Waals surface area contributed by atoms with E-state index in [-0.39, 0.29) is 5.91 Å². The van der Waals surface area contributed by atoms with E-state index in [1.165, 1.54) is 0 Å². The number of ether oxygens (including phenoxy) is 2. The first-order chi connectivity index (χ1) is 13.6. The van der Waals surface area contributed by atoms with Crippen molar-refractivity contribution < 1.29 is 14.3 Å². The van der Waals surface area contributed by atoms with E-state index in [1.54, 1.807) is 49.2 Å². The van der Waals surface area contributed by atoms with Gasteiger partial charge in [-0.3, -0.25) is 4.79 Å². The number of carbonyl (C=O) groups excluding carboxylic acids is 1. The van der Waals surface area contributed by atoms with Gasteiger partial charge in [-0.15, -0.1) is 0 Å². The van der Waals surface area contributed by atoms with Crippen LogP contribution in [0.4, 0.5) is 0 Å². The molecule has 1 aromatic heterocycles. The molecule has 0 radical (unpaired) electrons. The number of likely N-dealkylation sites (N-methyl/N-ethyl adjacent to an activating group) is 1. The average molecular weight is 377 g/mol. The molecule has 0 saturated heterocycles. The van der Waals surface area contributed by atoms with Crippen molar-refractivity contribution in [3.63, 3.8) is 0 Å². The Labute approximate surface area is 164 Å². The highest BCUT2D eigenvalue weighted by molar-refractivity contribution is 5.91. The maximum Gasteiger partial charge on any atom is 0.246 e. The molecule has 28 heavy (non-hydrogen) atoms. The van der Waals surface area contributed by atoms with Crippen molar-refractivity contribution >= 4 is 12.0 Å². The predicted molar refractivity (Wildman–Crippen MR) is 109 cm³/mol. The van der Waals surface area contributed by atoms with Gasteiger partial charge in [-0.2, -0.15) is 5.10 Å². The fraction of sp³-hybridized carbons (Fsp3) is 0.182. The molecule has 0 saturated carbocycles. The second-order valence-electron chi connectivity index (χ2n) is 6.27. The zero-order chi connectivity index (χ0) is 19.9. The first-order valence-electron chi connectivity index (χ1n) is 8.85. The molecule has 0 atom stereocenters. The third-order valence-electron chi connectivity index (χ3n) is 4.28. The first kappa shape index (κ1) is 19.2. The third-order valence-corrected chi connectivity index (χ3v) is 4.28. The lowest BCUT2D eigenvalue weighted by Gasteiger charge is -2.13. The molecule has 0 fully saturated rings. The highest BCUT2D eigenvalue weighted by Gasteiger charge is 2.09. The van der Waals surface area contributed by atoms with Crippen molar-refractivity contribution in [2.45, 2.75) is 6.54 Å². The van der Waals surface area contributed by atoms with E-state index < -0.39 is 0 Å². The normalized spacial score (nSPS) is 10.8. The van der Waals surface area contributed by atoms with Gasteiger partial charge in [0.2, 0.25) is 5.91 Å². The molecule has 0 spiro atoms. The summed E-state index contributed by atoms with van der Waals surface area (Å²) in [5.41, 5.74) is 2.80. The Kier molecular flexibility index (Phi) is 6.11. The Balaban J connectivity index is 1.63. The molecular formula is C22H23N3O3. The number of aromatic nitrogens is 2. The molecule has 0 aliphatic heterocycles. The minimum Gasteiger partial charge on any atom is -0.493 e. The molecule has 2 aromatic carbocycles. The molecule has 0 aliphatic rings. The number of para-hydroxylation sites is 1. The topological polar surface area (TPSA) is 56.6 Å². The van der Waals surface area contributed by atoms with Crippen LogP contribution in [-0.2, 0) is 11.3 Å². The summed E-state index contributed by atoms with van der Waals surface area (Å²) in [6, 6.07) is 15.4. The minimum absolute atomic E-state index is 0.0951. The average Bonchev–Trinajstić information content (AvgIpc) is 3.20. The van der Waals surface area contributed by atoms with Crippen molar-refractivity contribution in [3.8, 4) is 17.2 Å². The fourth-order valence-corrected chi connectivity index (χ4v) is 2.77. The SMILES string of the molecule is COc1ccc(C=CC(=O)N(C)Cc2cnn(-c3ccccc3)c2)cc1OC. The molecule has 144 valence electrons. The molecule has 1 heterocycles. The van der Waals surface area contributed by atoms with Crippen LogP contribution in [-0.4, -0.2) is 41.9 Å². The molecule has 3 aromatic rings. The summed E-state index contributed by atoms with van der Waals surface area (Å²) in [5.74, 6) is 1.18. The smallest absolute Gasteiger partial charge is 0.246 e. The van der Waals surface area contributed by atoms with Crippen LogP contribution in [0.5, 0.6) is 11.5 Å². The Morgan fingerprint density at radius 2 is 1.86 bits per heavy atom. The molecule has 6 nitrogen and oxygen atoms in total. The first-order valence-corrected chi connectivity index (χ1v) is 8.85. The summed E-state index contributed by atoms with van der Waals surface area (Å²) in [6.07, 6.45) is 7.00. The van der Waals surface area contributed by atoms with Gasteiger partial charge in [-0.05, 0) is 35.9 Å². The monoisotopic (exact) mass is 377 g/mol. The molecular weight excluding hydrogens is 354 g/mol. The number of rotatable bonds is 7. The third kappa shape index (κ3) is 4.59. The van der Waals surface area contributed by atoms with Crippen LogP contribution in [0.15, 0.2) is 67.0 Å². The summed E-state index contributed by atoms with van der Waals surface area (Å²) in [5, 5.41) is 4.36. The zero-order valence-electron chi connectivity index (χ0n) is 16.2. The second kappa shape index (κ2) is 8.90. The van der Waals surface area contributed by atoms with Crippen molar-refractivity contribution in [1.29, 1.82) is 0 Å². The van der Waals surface area contributed by atoms with E-state index >= 15 is 0 Å². The van der Waals surface area contributed by atoms with E-state index in [9.17, 15) is 4.79 Å². The van der Waals surface area contributed by atoms with E-state index in [1.807, 2.05) is 54.7 Å². The Hall–Kier alpha value is -3.54. The number of amides is 1. The van der Waals surface area contributed by atoms with Gasteiger partial charge < -0.3 is 14.4 Å². The lowest BCUT2D eigenvalue weighted by molar-refractivity contribution is -0.125. The molecule has 0 aliphatic carbocycles. The van der Waals surface area contributed by atoms with Gasteiger partial charge in [0.15, 0.2) is 11.5 Å². The van der Waals surface area contributed by atoms with Crippen LogP contribution in [0.2, 0.25) is 0 Å². The summed E-state index contributed by atoms with van der Waals surface area (Å²) < 4.78 is 12.3. The van der Waals surface area contributed by atoms with Crippen LogP contribution in [0, 0.1) is 0 Å². The van der Waals surface area contributed by atoms with Gasteiger partial charge in [-0.1, -0.05) is 24.3 Å². The fourth-order valence-electron chi connectivity index (χ4n) is 2.77. The lowest BCUT2D eigenvalue weighted by atomic mass is 10.2. The highest BCUT2D eigenvalue weighted by atomic mass is 16.5. The minimum atomic E-state index is -0.0951. The number of hydrogen-bond acceptors (Lipinski definition) is 4. The number of benzene rings is 2. The maximum absolute atomic E-state index is 12.4. The molecule has 0 bridgehead atoms. The predicted octanol–water partition coefficient (Wildman–Crippen LogP) is 3.56. The van der Waals surface area contributed by atoms with Crippen LogP contribution in [0.25, 0.3) is 11.8 Å². The van der Waals surface area contributed by atoms with Gasteiger partial charge in [0.05, 0.1) is 26.1 Å². The molecule has 1 amide bonds. The van der Waals surface area contributed by atoms with E-state index in [0.717, 1.165) is 16.8 Å². The van der Waals surface area contributed by atoms with Crippen LogP contribution >= 0.6 is 0 Å². The molecule has 0 unspecified atom stereocenters. The van der Waals surface area contributed by atoms with E-state index in [0.29, 0.717) is 18.0 Å². The summed E-state index contributed by atoms with van der Waals surface area (Å²) >= 11 is 0. The lowest BCUT2D eigenvalue weighted by Crippen LogP contribution is -2.23. The maximum atomic E-state index is 12.4. The van der Waals surface area contributed by atoms with Crippen LogP contribution in [0.1, 0.15) is 11.1 Å². The number of hydrogen-bond donors (Lipinski definition) is 0. The Morgan fingerprint density at radius 3 is 2.57 bits per heavy atom. The molecule has 0 N–H and O–H groups in total. The second-order valence-corrected chi connectivity index (χ2v) is 6.27. The van der Waals surface area contributed by atoms with Gasteiger partial charge in [0, 0.05) is 31.4 Å². The van der Waals surface area contributed by atoms with E-state index in [4.69, 9.17) is 9.47 Å². The molecule has 3 rings (SSSR count). The van der Waals surface area contributed by atoms with Crippen LogP contribution < -0.4 is 9.47 Å². The highest BCUT2D eigenvalue weighted by Crippen LogP contribution is 2.28. The van der Waals surface area contributed by atoms with Gasteiger partial charge >= 0.3 is 0 Å². The van der Waals surface area contributed by atoms with Crippen LogP contribution in [0.3, 0.4) is 0 Å². The zero-order valence-corrected chi connectivity index (χ0v) is 16.2. The van der Waals surface area contributed by atoms with Crippen molar-refractivity contribution in [2.24, 2.45) is 0 Å². The quantitative estimate of drug-likeness (QED) is 0.591. The van der Waals surface area contributed by atoms with Gasteiger partial charge in [-0.25, -0.2) is 4.68 Å². The summed E-state index contributed by atoms with van der Waals surface area (Å²) in [4.78, 5) is 14.1. The Morgan fingerprint density at radius 1 is 1.11 bits per heavy atom. The van der Waals surface area contributed by atoms with Crippen molar-refractivity contribution in [1.82, 2.24) is 14.7 Å². The van der Waals surface area contributed by atoms with Crippen molar-refractivity contribution in [2.75, 3.05) is 21.3 Å². The number of nitrogens with zero attached hydrogens (tertiary/aromatic N) is 3. The van der Waals surface area contributed by atoms with Crippen molar-refractivity contribution in [3.05, 3.63) is 78.1 Å². The Bertz CT molecular complexity index is 964. The summed E-state index contributed by atoms with van der Waals surface area (Å²) in [7, 11) is 4.94. The number of methoxy groups -OCH3 is 2. The largest absolute Gasteiger partial charge is 0.493 e. The van der Waals surface area contributed by atoms with Gasteiger partial charge in [0.1, 0.15) is 0 Å². The van der Waals surface area contributed by atoms with Gasteiger partial charge in [0.25, 0.3) is 0 Å².